The second-order valence-corrected chi connectivity index (χ2v) is 11.4. The number of aromatic nitrogens is 1. The molecule has 3 aromatic rings. The number of terminal acetylenes is 1. The van der Waals surface area contributed by atoms with Gasteiger partial charge in [-0.3, -0.25) is 9.36 Å². The first kappa shape index (κ1) is 25.2. The van der Waals surface area contributed by atoms with E-state index in [1.165, 1.54) is 22.7 Å². The van der Waals surface area contributed by atoms with E-state index in [1.807, 2.05) is 35.7 Å². The molecule has 0 bridgehead atoms. The molecule has 1 unspecified atom stereocenters. The predicted octanol–water partition coefficient (Wildman–Crippen LogP) is 4.08. The quantitative estimate of drug-likeness (QED) is 0.219. The van der Waals surface area contributed by atoms with E-state index in [2.05, 4.69) is 56.1 Å². The highest BCUT2D eigenvalue weighted by Crippen LogP contribution is 2.33. The van der Waals surface area contributed by atoms with Crippen LogP contribution in [0.15, 0.2) is 50.7 Å². The number of allylic oxidation sites excluding steroid dienone is 1. The number of nitrogens with zero attached hydrogens (tertiary/aromatic N) is 2. The number of rotatable bonds is 6. The molecule has 6 nitrogen and oxygen atoms in total. The standard InChI is InChI=1S/C24H18I2N2O4S2/c1-4-8-32-21-15(25)10-14(11-16(21)26)12-18-22(29)28-20(17-7-6-9-33-17)19(23(30)31-5-2)13(3)27-24(28)34-18/h1,6-7,9-12,20H,5,8H2,2-3H3. The van der Waals surface area contributed by atoms with Crippen LogP contribution >= 0.6 is 67.9 Å². The molecule has 0 spiro atoms. The summed E-state index contributed by atoms with van der Waals surface area (Å²) in [5, 5.41) is 1.93. The fourth-order valence-corrected chi connectivity index (χ4v) is 7.57. The van der Waals surface area contributed by atoms with E-state index in [4.69, 9.17) is 15.9 Å². The Morgan fingerprint density at radius 1 is 1.35 bits per heavy atom. The lowest BCUT2D eigenvalue weighted by molar-refractivity contribution is -0.139. The minimum Gasteiger partial charge on any atom is -0.479 e. The smallest absolute Gasteiger partial charge is 0.338 e. The topological polar surface area (TPSA) is 69.9 Å². The summed E-state index contributed by atoms with van der Waals surface area (Å²) in [7, 11) is 0. The van der Waals surface area contributed by atoms with Crippen LogP contribution in [0.4, 0.5) is 0 Å². The molecule has 0 fully saturated rings. The molecule has 1 aliphatic rings. The lowest BCUT2D eigenvalue weighted by atomic mass is 10.0. The molecule has 10 heteroatoms. The lowest BCUT2D eigenvalue weighted by Crippen LogP contribution is -2.39. The number of thiophene rings is 1. The zero-order valence-electron chi connectivity index (χ0n) is 18.1. The number of thiazole rings is 1. The first-order chi connectivity index (χ1) is 16.3. The fourth-order valence-electron chi connectivity index (χ4n) is 3.57. The zero-order valence-corrected chi connectivity index (χ0v) is 24.1. The maximum Gasteiger partial charge on any atom is 0.338 e. The normalized spacial score (nSPS) is 15.5. The molecule has 174 valence electrons. The van der Waals surface area contributed by atoms with Gasteiger partial charge in [-0.2, -0.15) is 0 Å². The second-order valence-electron chi connectivity index (χ2n) is 7.12. The summed E-state index contributed by atoms with van der Waals surface area (Å²) in [5.74, 6) is 2.74. The maximum atomic E-state index is 13.6. The highest BCUT2D eigenvalue weighted by molar-refractivity contribution is 14.1. The van der Waals surface area contributed by atoms with Crippen LogP contribution in [0.3, 0.4) is 0 Å². The minimum absolute atomic E-state index is 0.189. The van der Waals surface area contributed by atoms with Gasteiger partial charge in [0.15, 0.2) is 4.80 Å². The molecule has 1 atom stereocenters. The van der Waals surface area contributed by atoms with E-state index >= 15 is 0 Å². The summed E-state index contributed by atoms with van der Waals surface area (Å²) in [6.45, 7) is 3.97. The third kappa shape index (κ3) is 4.89. The molecule has 0 amide bonds. The van der Waals surface area contributed by atoms with Crippen molar-refractivity contribution in [3.05, 3.63) is 78.2 Å². The van der Waals surface area contributed by atoms with Gasteiger partial charge >= 0.3 is 5.97 Å². The number of ether oxygens (including phenoxy) is 2. The number of halogens is 2. The Balaban J connectivity index is 1.87. The monoisotopic (exact) mass is 716 g/mol. The number of esters is 1. The first-order valence-corrected chi connectivity index (χ1v) is 14.0. The van der Waals surface area contributed by atoms with E-state index in [0.29, 0.717) is 20.6 Å². The van der Waals surface area contributed by atoms with Gasteiger partial charge < -0.3 is 9.47 Å². The Hall–Kier alpha value is -1.95. The van der Waals surface area contributed by atoms with Crippen molar-refractivity contribution in [2.45, 2.75) is 19.9 Å². The van der Waals surface area contributed by atoms with Crippen molar-refractivity contribution < 1.29 is 14.3 Å². The van der Waals surface area contributed by atoms with Crippen LogP contribution in [-0.4, -0.2) is 23.8 Å². The molecule has 4 rings (SSSR count). The van der Waals surface area contributed by atoms with Gasteiger partial charge in [0.2, 0.25) is 0 Å². The van der Waals surface area contributed by atoms with Crippen LogP contribution < -0.4 is 19.6 Å². The molecule has 0 aliphatic carbocycles. The molecule has 2 aromatic heterocycles. The van der Waals surface area contributed by atoms with Gasteiger partial charge in [0.05, 0.1) is 29.5 Å². The maximum absolute atomic E-state index is 13.6. The Morgan fingerprint density at radius 3 is 2.71 bits per heavy atom. The summed E-state index contributed by atoms with van der Waals surface area (Å²) in [6.07, 6.45) is 7.15. The number of hydrogen-bond donors (Lipinski definition) is 0. The van der Waals surface area contributed by atoms with Crippen molar-refractivity contribution in [3.63, 3.8) is 0 Å². The Kier molecular flexibility index (Phi) is 7.96. The highest BCUT2D eigenvalue weighted by Gasteiger charge is 2.33. The molecule has 0 radical (unpaired) electrons. The van der Waals surface area contributed by atoms with Crippen LogP contribution in [0.2, 0.25) is 0 Å². The highest BCUT2D eigenvalue weighted by atomic mass is 127. The predicted molar refractivity (Wildman–Crippen MR) is 151 cm³/mol. The van der Waals surface area contributed by atoms with Crippen molar-refractivity contribution in [2.24, 2.45) is 4.99 Å². The van der Waals surface area contributed by atoms with Crippen LogP contribution in [0, 0.1) is 19.5 Å². The van der Waals surface area contributed by atoms with E-state index in [1.54, 1.807) is 18.4 Å². The van der Waals surface area contributed by atoms with Crippen molar-refractivity contribution in [3.8, 4) is 18.1 Å². The summed E-state index contributed by atoms with van der Waals surface area (Å²) < 4.78 is 14.9. The van der Waals surface area contributed by atoms with Crippen molar-refractivity contribution in [1.82, 2.24) is 4.57 Å². The van der Waals surface area contributed by atoms with Crippen LogP contribution in [-0.2, 0) is 9.53 Å². The first-order valence-electron chi connectivity index (χ1n) is 10.1. The molecule has 1 aliphatic heterocycles. The van der Waals surface area contributed by atoms with Gasteiger partial charge in [0.25, 0.3) is 5.56 Å². The minimum atomic E-state index is -0.572. The van der Waals surface area contributed by atoms with Gasteiger partial charge in [0, 0.05) is 4.88 Å². The molecule has 1 aromatic carbocycles. The largest absolute Gasteiger partial charge is 0.479 e. The van der Waals surface area contributed by atoms with Crippen molar-refractivity contribution in [2.75, 3.05) is 13.2 Å². The summed E-state index contributed by atoms with van der Waals surface area (Å²) in [5.41, 5.74) is 1.61. The van der Waals surface area contributed by atoms with Gasteiger partial charge in [-0.15, -0.1) is 17.8 Å². The number of carbonyl (C=O) groups excluding carboxylic acids is 1. The van der Waals surface area contributed by atoms with Crippen molar-refractivity contribution in [1.29, 1.82) is 0 Å². The number of hydrogen-bond acceptors (Lipinski definition) is 7. The average molecular weight is 716 g/mol. The molecule has 0 saturated heterocycles. The van der Waals surface area contributed by atoms with Gasteiger partial charge in [-0.05, 0) is 94.2 Å². The molecule has 0 saturated carbocycles. The zero-order chi connectivity index (χ0) is 24.4. The second kappa shape index (κ2) is 10.8. The van der Waals surface area contributed by atoms with Crippen molar-refractivity contribution >= 4 is 79.9 Å². The van der Waals surface area contributed by atoms with E-state index in [0.717, 1.165) is 23.3 Å². The summed E-state index contributed by atoms with van der Waals surface area (Å²) >= 11 is 7.18. The molecular weight excluding hydrogens is 698 g/mol. The summed E-state index contributed by atoms with van der Waals surface area (Å²) in [4.78, 5) is 32.5. The van der Waals surface area contributed by atoms with E-state index in [9.17, 15) is 9.59 Å². The van der Waals surface area contributed by atoms with E-state index < -0.39 is 12.0 Å². The molecule has 3 heterocycles. The Bertz CT molecular complexity index is 1490. The third-order valence-corrected chi connectivity index (χ3v) is 8.46. The fraction of sp³-hybridized carbons (Fsp3) is 0.208. The third-order valence-electron chi connectivity index (χ3n) is 4.95. The Morgan fingerprint density at radius 2 is 2.09 bits per heavy atom. The Labute approximate surface area is 231 Å². The van der Waals surface area contributed by atoms with Gasteiger partial charge in [0.1, 0.15) is 18.4 Å². The lowest BCUT2D eigenvalue weighted by Gasteiger charge is -2.23. The number of benzene rings is 1. The van der Waals surface area contributed by atoms with Crippen LogP contribution in [0.1, 0.15) is 30.3 Å². The van der Waals surface area contributed by atoms with E-state index in [-0.39, 0.29) is 18.8 Å². The molecule has 34 heavy (non-hydrogen) atoms. The van der Waals surface area contributed by atoms with Gasteiger partial charge in [-0.25, -0.2) is 9.79 Å². The number of fused-ring (bicyclic) bond motifs is 1. The van der Waals surface area contributed by atoms with Crippen LogP contribution in [0.5, 0.6) is 5.75 Å². The summed E-state index contributed by atoms with van der Waals surface area (Å²) in [6, 6.07) is 7.14. The van der Waals surface area contributed by atoms with Crippen LogP contribution in [0.25, 0.3) is 6.08 Å². The average Bonchev–Trinajstić information content (AvgIpc) is 3.41. The SMILES string of the molecule is C#CCOc1c(I)cc(C=c2sc3n(c2=O)C(c2cccs2)C(C(=O)OCC)=C(C)N=3)cc1I. The molecular formula is C24H18I2N2O4S2. The number of carbonyl (C=O) groups is 1. The van der Waals surface area contributed by atoms with Gasteiger partial charge in [-0.1, -0.05) is 23.3 Å². The molecule has 0 N–H and O–H groups in total.